The van der Waals surface area contributed by atoms with Crippen molar-refractivity contribution in [3.63, 3.8) is 0 Å². The summed E-state index contributed by atoms with van der Waals surface area (Å²) in [6.45, 7) is 1.36. The van der Waals surface area contributed by atoms with Crippen LogP contribution >= 0.6 is 0 Å². The van der Waals surface area contributed by atoms with Crippen LogP contribution in [0.15, 0.2) is 24.3 Å². The van der Waals surface area contributed by atoms with Crippen molar-refractivity contribution >= 4 is 11.7 Å². The Labute approximate surface area is 120 Å². The molecule has 0 heterocycles. The third-order valence-electron chi connectivity index (χ3n) is 3.13. The van der Waals surface area contributed by atoms with Crippen LogP contribution in [0.1, 0.15) is 26.2 Å². The van der Waals surface area contributed by atoms with Gasteiger partial charge in [-0.2, -0.15) is 13.2 Å². The van der Waals surface area contributed by atoms with E-state index in [0.717, 1.165) is 0 Å². The maximum atomic E-state index is 12.2. The lowest BCUT2D eigenvalue weighted by Gasteiger charge is -2.28. The second-order valence-corrected chi connectivity index (χ2v) is 4.93. The topological polar surface area (TPSA) is 58.6 Å². The van der Waals surface area contributed by atoms with Gasteiger partial charge in [-0.05, 0) is 31.9 Å². The minimum Gasteiger partial charge on any atom is -0.495 e. The van der Waals surface area contributed by atoms with Crippen LogP contribution in [0, 0.1) is 0 Å². The number of anilines is 1. The van der Waals surface area contributed by atoms with Crippen LogP contribution in [0.2, 0.25) is 0 Å². The van der Waals surface area contributed by atoms with Crippen LogP contribution in [0.3, 0.4) is 0 Å². The molecule has 1 rings (SSSR count). The largest absolute Gasteiger partial charge is 0.495 e. The zero-order valence-corrected chi connectivity index (χ0v) is 11.8. The Morgan fingerprint density at radius 2 is 1.90 bits per heavy atom. The molecule has 1 aromatic rings. The number of hydrogen-bond donors (Lipinski definition) is 2. The Balaban J connectivity index is 2.83. The number of benzene rings is 1. The van der Waals surface area contributed by atoms with E-state index in [1.165, 1.54) is 14.0 Å². The fraction of sp³-hybridized carbons (Fsp3) is 0.500. The zero-order chi connectivity index (χ0) is 16.1. The first kappa shape index (κ1) is 17.1. The van der Waals surface area contributed by atoms with Gasteiger partial charge in [0.05, 0.1) is 12.8 Å². The molecule has 0 aliphatic rings. The maximum Gasteiger partial charge on any atom is 0.389 e. The monoisotopic (exact) mass is 305 g/mol. The Morgan fingerprint density at radius 3 is 2.43 bits per heavy atom. The fourth-order valence-corrected chi connectivity index (χ4v) is 1.91. The Kier molecular flexibility index (Phi) is 5.46. The minimum absolute atomic E-state index is 0.153. The molecule has 0 fully saturated rings. The van der Waals surface area contributed by atoms with Gasteiger partial charge in [0.25, 0.3) is 0 Å². The average Bonchev–Trinajstić information content (AvgIpc) is 2.37. The van der Waals surface area contributed by atoms with E-state index in [2.05, 4.69) is 5.32 Å². The molecule has 1 atom stereocenters. The van der Waals surface area contributed by atoms with Crippen molar-refractivity contribution in [2.45, 2.75) is 37.9 Å². The van der Waals surface area contributed by atoms with E-state index < -0.39 is 24.1 Å². The Hall–Kier alpha value is -1.92. The number of carbonyl (C=O) groups is 1. The van der Waals surface area contributed by atoms with Crippen molar-refractivity contribution in [1.82, 2.24) is 0 Å². The number of carboxylic acids is 1. The van der Waals surface area contributed by atoms with E-state index in [1.54, 1.807) is 24.3 Å². The highest BCUT2D eigenvalue weighted by Crippen LogP contribution is 2.30. The molecule has 1 unspecified atom stereocenters. The number of ether oxygens (including phenoxy) is 1. The molecule has 7 heteroatoms. The first-order valence-corrected chi connectivity index (χ1v) is 6.39. The second kappa shape index (κ2) is 6.69. The third-order valence-corrected chi connectivity index (χ3v) is 3.13. The summed E-state index contributed by atoms with van der Waals surface area (Å²) >= 11 is 0. The number of para-hydroxylation sites is 2. The van der Waals surface area contributed by atoms with Gasteiger partial charge >= 0.3 is 12.1 Å². The van der Waals surface area contributed by atoms with Gasteiger partial charge in [-0.15, -0.1) is 0 Å². The van der Waals surface area contributed by atoms with Crippen LogP contribution in [-0.4, -0.2) is 29.9 Å². The van der Waals surface area contributed by atoms with Gasteiger partial charge in [0.1, 0.15) is 11.3 Å². The van der Waals surface area contributed by atoms with Gasteiger partial charge in [0.2, 0.25) is 0 Å². The molecule has 0 radical (unpaired) electrons. The van der Waals surface area contributed by atoms with Crippen LogP contribution in [-0.2, 0) is 4.79 Å². The van der Waals surface area contributed by atoms with Crippen molar-refractivity contribution in [1.29, 1.82) is 0 Å². The quantitative estimate of drug-likeness (QED) is 0.806. The van der Waals surface area contributed by atoms with Crippen LogP contribution < -0.4 is 10.1 Å². The number of aliphatic carboxylic acids is 1. The van der Waals surface area contributed by atoms with Crippen molar-refractivity contribution in [3.8, 4) is 5.75 Å². The second-order valence-electron chi connectivity index (χ2n) is 4.93. The number of carboxylic acid groups (broad SMARTS) is 1. The first-order chi connectivity index (χ1) is 9.68. The summed E-state index contributed by atoms with van der Waals surface area (Å²) in [5, 5.41) is 12.1. The summed E-state index contributed by atoms with van der Waals surface area (Å²) in [6.07, 6.45) is -5.72. The number of halogens is 3. The first-order valence-electron chi connectivity index (χ1n) is 6.39. The number of alkyl halides is 3. The molecule has 0 aliphatic heterocycles. The zero-order valence-electron chi connectivity index (χ0n) is 11.8. The fourth-order valence-electron chi connectivity index (χ4n) is 1.91. The Bertz CT molecular complexity index is 491. The number of nitrogens with one attached hydrogen (secondary N) is 1. The molecule has 1 aromatic carbocycles. The Morgan fingerprint density at radius 1 is 1.29 bits per heavy atom. The summed E-state index contributed by atoms with van der Waals surface area (Å²) in [6, 6.07) is 6.65. The summed E-state index contributed by atoms with van der Waals surface area (Å²) < 4.78 is 41.7. The van der Waals surface area contributed by atoms with Crippen molar-refractivity contribution in [2.75, 3.05) is 12.4 Å². The minimum atomic E-state index is -4.29. The molecule has 0 spiro atoms. The van der Waals surface area contributed by atoms with E-state index in [1.807, 2.05) is 0 Å². The molecular formula is C14H18F3NO3. The predicted molar refractivity (Wildman–Crippen MR) is 72.6 cm³/mol. The summed E-state index contributed by atoms with van der Waals surface area (Å²) in [5.74, 6) is -0.781. The van der Waals surface area contributed by atoms with E-state index in [0.29, 0.717) is 11.4 Å². The standard InChI is InChI=1S/C14H18F3NO3/c1-13(12(19)20,8-5-9-14(15,16)17)18-10-6-3-4-7-11(10)21-2/h3-4,6-7,18H,5,8-9H2,1-2H3,(H,19,20). The van der Waals surface area contributed by atoms with Gasteiger partial charge in [-0.3, -0.25) is 0 Å². The van der Waals surface area contributed by atoms with Crippen molar-refractivity contribution < 1.29 is 27.8 Å². The van der Waals surface area contributed by atoms with Crippen molar-refractivity contribution in [2.24, 2.45) is 0 Å². The molecule has 0 saturated carbocycles. The van der Waals surface area contributed by atoms with Gasteiger partial charge in [-0.1, -0.05) is 12.1 Å². The van der Waals surface area contributed by atoms with E-state index >= 15 is 0 Å². The number of hydrogen-bond acceptors (Lipinski definition) is 3. The summed E-state index contributed by atoms with van der Waals surface area (Å²) in [5.41, 5.74) is -1.07. The molecule has 2 N–H and O–H groups in total. The molecule has 0 aliphatic carbocycles. The molecule has 0 aromatic heterocycles. The van der Waals surface area contributed by atoms with Gasteiger partial charge in [0, 0.05) is 6.42 Å². The molecular weight excluding hydrogens is 287 g/mol. The normalized spacial score (nSPS) is 14.3. The molecule has 118 valence electrons. The maximum absolute atomic E-state index is 12.2. The third kappa shape index (κ3) is 5.17. The lowest BCUT2D eigenvalue weighted by Crippen LogP contribution is -2.43. The lowest BCUT2D eigenvalue weighted by molar-refractivity contribution is -0.145. The highest BCUT2D eigenvalue weighted by molar-refractivity contribution is 5.83. The van der Waals surface area contributed by atoms with E-state index in [9.17, 15) is 23.1 Å². The summed E-state index contributed by atoms with van der Waals surface area (Å²) in [4.78, 5) is 11.4. The highest BCUT2D eigenvalue weighted by atomic mass is 19.4. The van der Waals surface area contributed by atoms with E-state index in [-0.39, 0.29) is 12.8 Å². The highest BCUT2D eigenvalue weighted by Gasteiger charge is 2.35. The SMILES string of the molecule is COc1ccccc1NC(C)(CCCC(F)(F)F)C(=O)O. The average molecular weight is 305 g/mol. The molecule has 4 nitrogen and oxygen atoms in total. The number of methoxy groups -OCH3 is 1. The van der Waals surface area contributed by atoms with Gasteiger partial charge in [0.15, 0.2) is 0 Å². The lowest BCUT2D eigenvalue weighted by atomic mass is 9.94. The van der Waals surface area contributed by atoms with E-state index in [4.69, 9.17) is 4.74 Å². The van der Waals surface area contributed by atoms with Crippen LogP contribution in [0.5, 0.6) is 5.75 Å². The smallest absolute Gasteiger partial charge is 0.389 e. The molecule has 0 saturated heterocycles. The summed E-state index contributed by atoms with van der Waals surface area (Å²) in [7, 11) is 1.43. The molecule has 0 amide bonds. The predicted octanol–water partition coefficient (Wildman–Crippen LogP) is 3.68. The van der Waals surface area contributed by atoms with Crippen LogP contribution in [0.4, 0.5) is 18.9 Å². The van der Waals surface area contributed by atoms with Crippen LogP contribution in [0.25, 0.3) is 0 Å². The number of rotatable bonds is 7. The van der Waals surface area contributed by atoms with Gasteiger partial charge < -0.3 is 15.2 Å². The van der Waals surface area contributed by atoms with Crippen molar-refractivity contribution in [3.05, 3.63) is 24.3 Å². The molecule has 21 heavy (non-hydrogen) atoms. The van der Waals surface area contributed by atoms with Gasteiger partial charge in [-0.25, -0.2) is 4.79 Å². The molecule has 0 bridgehead atoms.